The zero-order chi connectivity index (χ0) is 19.7. The monoisotopic (exact) mass is 381 g/mol. The van der Waals surface area contributed by atoms with Crippen molar-refractivity contribution in [1.82, 2.24) is 10.3 Å². The Balaban J connectivity index is 1.47. The van der Waals surface area contributed by atoms with Gasteiger partial charge in [-0.15, -0.1) is 0 Å². The number of hydrogen-bond donors (Lipinski definition) is 1. The molecule has 4 rings (SSSR count). The van der Waals surface area contributed by atoms with Gasteiger partial charge in [0.15, 0.2) is 0 Å². The van der Waals surface area contributed by atoms with Crippen molar-refractivity contribution >= 4 is 17.6 Å². The standard InChI is InChI=1S/C22H24FN3O2/c1-15-5-2-9-19(24-15)26-12-11-22(21(26)28)10-4-8-18(14-22)25-20(27)16-6-3-7-17(23)13-16/h2-3,5-7,9,13,18H,4,8,10-12,14H2,1H3,(H,25,27)/t18-,22-/m0/s1. The number of halogens is 1. The van der Waals surface area contributed by atoms with Gasteiger partial charge in [0.2, 0.25) is 5.91 Å². The topological polar surface area (TPSA) is 62.3 Å². The Kier molecular flexibility index (Phi) is 4.87. The first-order valence-electron chi connectivity index (χ1n) is 9.79. The summed E-state index contributed by atoms with van der Waals surface area (Å²) in [5.74, 6) is 0.0901. The molecule has 1 spiro atoms. The second kappa shape index (κ2) is 7.34. The maximum atomic E-state index is 13.4. The van der Waals surface area contributed by atoms with Crippen LogP contribution < -0.4 is 10.2 Å². The van der Waals surface area contributed by atoms with E-state index in [1.807, 2.05) is 25.1 Å². The summed E-state index contributed by atoms with van der Waals surface area (Å²) in [7, 11) is 0. The largest absolute Gasteiger partial charge is 0.349 e. The molecule has 5 nitrogen and oxygen atoms in total. The Bertz CT molecular complexity index is 916. The lowest BCUT2D eigenvalue weighted by Crippen LogP contribution is -2.46. The Morgan fingerprint density at radius 2 is 2.07 bits per heavy atom. The fourth-order valence-electron chi connectivity index (χ4n) is 4.52. The van der Waals surface area contributed by atoms with Crippen molar-refractivity contribution in [2.45, 2.75) is 45.1 Å². The minimum atomic E-state index is -0.441. The second-order valence-electron chi connectivity index (χ2n) is 7.90. The predicted octanol–water partition coefficient (Wildman–Crippen LogP) is 3.62. The number of rotatable bonds is 3. The van der Waals surface area contributed by atoms with Crippen molar-refractivity contribution in [3.8, 4) is 0 Å². The van der Waals surface area contributed by atoms with Crippen LogP contribution in [0, 0.1) is 18.2 Å². The number of aromatic nitrogens is 1. The van der Waals surface area contributed by atoms with E-state index in [1.165, 1.54) is 18.2 Å². The molecular formula is C22H24FN3O2. The van der Waals surface area contributed by atoms with Crippen LogP contribution in [0.5, 0.6) is 0 Å². The summed E-state index contributed by atoms with van der Waals surface area (Å²) in [6.45, 7) is 2.57. The van der Waals surface area contributed by atoms with Crippen LogP contribution in [0.15, 0.2) is 42.5 Å². The van der Waals surface area contributed by atoms with E-state index in [-0.39, 0.29) is 17.9 Å². The van der Waals surface area contributed by atoms with E-state index in [9.17, 15) is 14.0 Å². The smallest absolute Gasteiger partial charge is 0.251 e. The van der Waals surface area contributed by atoms with Gasteiger partial charge in [-0.25, -0.2) is 9.37 Å². The Morgan fingerprint density at radius 1 is 1.25 bits per heavy atom. The van der Waals surface area contributed by atoms with E-state index < -0.39 is 11.2 Å². The number of hydrogen-bond acceptors (Lipinski definition) is 3. The minimum absolute atomic E-state index is 0.0844. The molecule has 1 aromatic heterocycles. The van der Waals surface area contributed by atoms with Gasteiger partial charge in [0, 0.05) is 23.8 Å². The molecule has 0 unspecified atom stereocenters. The molecule has 2 fully saturated rings. The molecule has 1 saturated heterocycles. The second-order valence-corrected chi connectivity index (χ2v) is 7.90. The Labute approximate surface area is 164 Å². The van der Waals surface area contributed by atoms with Gasteiger partial charge in [-0.05, 0) is 62.9 Å². The average Bonchev–Trinajstić information content (AvgIpc) is 2.97. The number of carbonyl (C=O) groups excluding carboxylic acids is 2. The Hall–Kier alpha value is -2.76. The van der Waals surface area contributed by atoms with Gasteiger partial charge in [-0.2, -0.15) is 0 Å². The summed E-state index contributed by atoms with van der Waals surface area (Å²) in [4.78, 5) is 32.0. The highest BCUT2D eigenvalue weighted by molar-refractivity contribution is 5.99. The first-order chi connectivity index (χ1) is 13.5. The van der Waals surface area contributed by atoms with E-state index >= 15 is 0 Å². The number of nitrogens with zero attached hydrogens (tertiary/aromatic N) is 2. The van der Waals surface area contributed by atoms with Crippen molar-refractivity contribution < 1.29 is 14.0 Å². The fourth-order valence-corrected chi connectivity index (χ4v) is 4.52. The van der Waals surface area contributed by atoms with Gasteiger partial charge in [-0.3, -0.25) is 14.5 Å². The van der Waals surface area contributed by atoms with Crippen LogP contribution in [0.25, 0.3) is 0 Å². The molecule has 1 aliphatic carbocycles. The number of nitrogens with one attached hydrogen (secondary N) is 1. The van der Waals surface area contributed by atoms with Gasteiger partial charge in [0.1, 0.15) is 11.6 Å². The minimum Gasteiger partial charge on any atom is -0.349 e. The van der Waals surface area contributed by atoms with Crippen molar-refractivity contribution in [3.63, 3.8) is 0 Å². The summed E-state index contributed by atoms with van der Waals surface area (Å²) in [5, 5.41) is 3.01. The van der Waals surface area contributed by atoms with Gasteiger partial charge in [0.05, 0.1) is 5.41 Å². The van der Waals surface area contributed by atoms with E-state index in [1.54, 1.807) is 11.0 Å². The summed E-state index contributed by atoms with van der Waals surface area (Å²) in [6, 6.07) is 11.3. The number of amides is 2. The van der Waals surface area contributed by atoms with Crippen LogP contribution in [-0.2, 0) is 4.79 Å². The molecule has 2 aromatic rings. The number of pyridine rings is 1. The van der Waals surface area contributed by atoms with Crippen molar-refractivity contribution in [2.75, 3.05) is 11.4 Å². The molecular weight excluding hydrogens is 357 g/mol. The lowest BCUT2D eigenvalue weighted by Gasteiger charge is -2.36. The molecule has 2 heterocycles. The number of aryl methyl sites for hydroxylation is 1. The van der Waals surface area contributed by atoms with Crippen LogP contribution in [0.2, 0.25) is 0 Å². The molecule has 1 aromatic carbocycles. The molecule has 1 saturated carbocycles. The third-order valence-electron chi connectivity index (χ3n) is 5.93. The number of carbonyl (C=O) groups is 2. The van der Waals surface area contributed by atoms with Crippen molar-refractivity contribution in [3.05, 3.63) is 59.5 Å². The molecule has 2 amide bonds. The summed E-state index contributed by atoms with van der Waals surface area (Å²) in [6.07, 6.45) is 3.94. The van der Waals surface area contributed by atoms with Gasteiger partial charge in [0.25, 0.3) is 5.91 Å². The first kappa shape index (κ1) is 18.6. The van der Waals surface area contributed by atoms with E-state index in [0.717, 1.165) is 31.4 Å². The maximum Gasteiger partial charge on any atom is 0.251 e. The summed E-state index contributed by atoms with van der Waals surface area (Å²) in [5.41, 5.74) is 0.752. The average molecular weight is 381 g/mol. The van der Waals surface area contributed by atoms with E-state index in [4.69, 9.17) is 0 Å². The predicted molar refractivity (Wildman–Crippen MR) is 104 cm³/mol. The van der Waals surface area contributed by atoms with Crippen LogP contribution in [0.4, 0.5) is 10.2 Å². The van der Waals surface area contributed by atoms with Crippen LogP contribution in [0.1, 0.15) is 48.2 Å². The molecule has 1 N–H and O–H groups in total. The number of benzene rings is 1. The highest BCUT2D eigenvalue weighted by Gasteiger charge is 2.50. The van der Waals surface area contributed by atoms with Gasteiger partial charge in [-0.1, -0.05) is 18.6 Å². The Morgan fingerprint density at radius 3 is 2.86 bits per heavy atom. The lowest BCUT2D eigenvalue weighted by molar-refractivity contribution is -0.127. The van der Waals surface area contributed by atoms with Crippen molar-refractivity contribution in [1.29, 1.82) is 0 Å². The summed E-state index contributed by atoms with van der Waals surface area (Å²) >= 11 is 0. The van der Waals surface area contributed by atoms with Crippen molar-refractivity contribution in [2.24, 2.45) is 5.41 Å². The molecule has 2 aliphatic rings. The highest BCUT2D eigenvalue weighted by atomic mass is 19.1. The van der Waals surface area contributed by atoms with Crippen LogP contribution in [-0.4, -0.2) is 29.4 Å². The lowest BCUT2D eigenvalue weighted by atomic mass is 9.71. The molecule has 1 aliphatic heterocycles. The zero-order valence-electron chi connectivity index (χ0n) is 16.0. The van der Waals surface area contributed by atoms with Gasteiger partial charge < -0.3 is 5.32 Å². The SMILES string of the molecule is Cc1cccc(N2CC[C@]3(CCC[C@H](NC(=O)c4cccc(F)c4)C3)C2=O)n1. The summed E-state index contributed by atoms with van der Waals surface area (Å²) < 4.78 is 13.4. The quantitative estimate of drug-likeness (QED) is 0.883. The molecule has 146 valence electrons. The van der Waals surface area contributed by atoms with Gasteiger partial charge >= 0.3 is 0 Å². The first-order valence-corrected chi connectivity index (χ1v) is 9.79. The highest BCUT2D eigenvalue weighted by Crippen LogP contribution is 2.45. The van der Waals surface area contributed by atoms with Crippen LogP contribution in [0.3, 0.4) is 0 Å². The molecule has 28 heavy (non-hydrogen) atoms. The third-order valence-corrected chi connectivity index (χ3v) is 5.93. The molecule has 0 radical (unpaired) electrons. The third kappa shape index (κ3) is 3.51. The normalized spacial score (nSPS) is 24.6. The molecule has 2 atom stereocenters. The maximum absolute atomic E-state index is 13.4. The zero-order valence-corrected chi connectivity index (χ0v) is 16.0. The van der Waals surface area contributed by atoms with E-state index in [0.29, 0.717) is 24.3 Å². The van der Waals surface area contributed by atoms with E-state index in [2.05, 4.69) is 10.3 Å². The molecule has 0 bridgehead atoms. The van der Waals surface area contributed by atoms with Crippen LogP contribution >= 0.6 is 0 Å². The molecule has 6 heteroatoms. The fraction of sp³-hybridized carbons (Fsp3) is 0.409. The number of anilines is 1.